The van der Waals surface area contributed by atoms with Crippen molar-refractivity contribution in [3.8, 4) is 22.6 Å². The van der Waals surface area contributed by atoms with E-state index in [4.69, 9.17) is 11.6 Å². The van der Waals surface area contributed by atoms with Crippen LogP contribution in [0.15, 0.2) is 65.1 Å². The predicted molar refractivity (Wildman–Crippen MR) is 123 cm³/mol. The molecule has 0 aliphatic heterocycles. The van der Waals surface area contributed by atoms with E-state index < -0.39 is 0 Å². The molecule has 30 heavy (non-hydrogen) atoms. The van der Waals surface area contributed by atoms with E-state index in [1.165, 1.54) is 23.1 Å². The van der Waals surface area contributed by atoms with Crippen LogP contribution < -0.4 is 5.32 Å². The van der Waals surface area contributed by atoms with Crippen molar-refractivity contribution in [1.82, 2.24) is 19.7 Å². The summed E-state index contributed by atoms with van der Waals surface area (Å²) in [6, 6.07) is 17.3. The highest BCUT2D eigenvalue weighted by Gasteiger charge is 2.15. The van der Waals surface area contributed by atoms with Gasteiger partial charge in [0.25, 0.3) is 0 Å². The van der Waals surface area contributed by atoms with Gasteiger partial charge < -0.3 is 9.88 Å². The Morgan fingerprint density at radius 2 is 1.87 bits per heavy atom. The number of thiazole rings is 1. The maximum atomic E-state index is 12.4. The topological polar surface area (TPSA) is 72.7 Å². The summed E-state index contributed by atoms with van der Waals surface area (Å²) in [6.45, 7) is 2.76. The van der Waals surface area contributed by atoms with E-state index in [0.29, 0.717) is 15.3 Å². The number of benzene rings is 2. The first-order chi connectivity index (χ1) is 14.6. The minimum Gasteiger partial charge on any atom is -0.302 e. The summed E-state index contributed by atoms with van der Waals surface area (Å²) in [5.41, 5.74) is 2.76. The molecule has 0 saturated heterocycles. The zero-order valence-corrected chi connectivity index (χ0v) is 18.5. The zero-order chi connectivity index (χ0) is 20.9. The van der Waals surface area contributed by atoms with E-state index in [0.717, 1.165) is 29.2 Å². The zero-order valence-electron chi connectivity index (χ0n) is 16.1. The Labute approximate surface area is 187 Å². The molecule has 6 nitrogen and oxygen atoms in total. The number of halogens is 1. The molecule has 0 saturated carbocycles. The van der Waals surface area contributed by atoms with E-state index in [1.54, 1.807) is 0 Å². The van der Waals surface area contributed by atoms with E-state index in [1.807, 2.05) is 71.5 Å². The second kappa shape index (κ2) is 9.42. The number of hydrogen-bond donors (Lipinski definition) is 1. The van der Waals surface area contributed by atoms with Crippen LogP contribution in [0.5, 0.6) is 0 Å². The van der Waals surface area contributed by atoms with Gasteiger partial charge in [-0.25, -0.2) is 4.98 Å². The van der Waals surface area contributed by atoms with Gasteiger partial charge in [0.05, 0.1) is 11.4 Å². The van der Waals surface area contributed by atoms with Crippen LogP contribution in [0.25, 0.3) is 22.6 Å². The number of carbonyl (C=O) groups excluding carboxylic acids is 1. The van der Waals surface area contributed by atoms with Gasteiger partial charge in [-0.3, -0.25) is 4.79 Å². The smallest absolute Gasteiger partial charge is 0.236 e. The minimum absolute atomic E-state index is 0.135. The summed E-state index contributed by atoms with van der Waals surface area (Å²) in [7, 11) is 0. The maximum absolute atomic E-state index is 12.4. The van der Waals surface area contributed by atoms with E-state index >= 15 is 0 Å². The summed E-state index contributed by atoms with van der Waals surface area (Å²) >= 11 is 8.68. The largest absolute Gasteiger partial charge is 0.302 e. The number of nitrogens with one attached hydrogen (secondary N) is 1. The van der Waals surface area contributed by atoms with Crippen LogP contribution in [-0.4, -0.2) is 31.4 Å². The first-order valence-corrected chi connectivity index (χ1v) is 11.5. The Hall–Kier alpha value is -2.68. The lowest BCUT2D eigenvalue weighted by molar-refractivity contribution is -0.113. The molecule has 4 rings (SSSR count). The number of thioether (sulfide) groups is 1. The molecule has 0 radical (unpaired) electrons. The fourth-order valence-corrected chi connectivity index (χ4v) is 4.52. The number of amides is 1. The Kier molecular flexibility index (Phi) is 6.47. The Morgan fingerprint density at radius 1 is 1.10 bits per heavy atom. The molecule has 1 N–H and O–H groups in total. The summed E-state index contributed by atoms with van der Waals surface area (Å²) in [4.78, 5) is 16.9. The highest BCUT2D eigenvalue weighted by Crippen LogP contribution is 2.27. The van der Waals surface area contributed by atoms with Gasteiger partial charge in [0.2, 0.25) is 5.91 Å². The molecule has 2 aromatic carbocycles. The highest BCUT2D eigenvalue weighted by molar-refractivity contribution is 7.99. The first kappa shape index (κ1) is 20.6. The molecule has 152 valence electrons. The van der Waals surface area contributed by atoms with Crippen LogP contribution in [0.4, 0.5) is 5.13 Å². The molecule has 0 aliphatic rings. The number of carbonyl (C=O) groups is 1. The molecule has 0 atom stereocenters. The van der Waals surface area contributed by atoms with Gasteiger partial charge >= 0.3 is 0 Å². The van der Waals surface area contributed by atoms with Gasteiger partial charge in [0.15, 0.2) is 16.1 Å². The normalized spacial score (nSPS) is 10.9. The summed E-state index contributed by atoms with van der Waals surface area (Å²) in [5, 5.41) is 15.3. The molecule has 0 bridgehead atoms. The van der Waals surface area contributed by atoms with Crippen molar-refractivity contribution in [2.45, 2.75) is 18.6 Å². The summed E-state index contributed by atoms with van der Waals surface area (Å²) in [5.74, 6) is 0.889. The molecule has 0 fully saturated rings. The van der Waals surface area contributed by atoms with Crippen molar-refractivity contribution in [2.24, 2.45) is 0 Å². The van der Waals surface area contributed by atoms with Gasteiger partial charge in [-0.15, -0.1) is 21.5 Å². The highest BCUT2D eigenvalue weighted by atomic mass is 35.5. The average Bonchev–Trinajstić information content (AvgIpc) is 3.40. The molecule has 0 aliphatic carbocycles. The van der Waals surface area contributed by atoms with E-state index in [2.05, 4.69) is 20.5 Å². The molecule has 2 aromatic heterocycles. The van der Waals surface area contributed by atoms with Gasteiger partial charge in [-0.1, -0.05) is 65.8 Å². The maximum Gasteiger partial charge on any atom is 0.236 e. The van der Waals surface area contributed by atoms with Crippen molar-refractivity contribution < 1.29 is 4.79 Å². The van der Waals surface area contributed by atoms with Gasteiger partial charge in [-0.2, -0.15) is 0 Å². The predicted octanol–water partition coefficient (Wildman–Crippen LogP) is 5.47. The Bertz CT molecular complexity index is 1140. The lowest BCUT2D eigenvalue weighted by atomic mass is 10.2. The van der Waals surface area contributed by atoms with Crippen molar-refractivity contribution in [2.75, 3.05) is 11.1 Å². The van der Waals surface area contributed by atoms with Crippen LogP contribution in [-0.2, 0) is 11.3 Å². The molecular weight excluding hydrogens is 438 g/mol. The average molecular weight is 456 g/mol. The van der Waals surface area contributed by atoms with Gasteiger partial charge in [-0.05, 0) is 19.1 Å². The molecule has 0 spiro atoms. The first-order valence-electron chi connectivity index (χ1n) is 9.26. The molecule has 4 aromatic rings. The number of hydrogen-bond acceptors (Lipinski definition) is 6. The van der Waals surface area contributed by atoms with Crippen molar-refractivity contribution in [3.05, 3.63) is 65.0 Å². The fraction of sp³-hybridized carbons (Fsp3) is 0.143. The van der Waals surface area contributed by atoms with Crippen LogP contribution in [0, 0.1) is 0 Å². The summed E-state index contributed by atoms with van der Waals surface area (Å²) in [6.07, 6.45) is 0. The third kappa shape index (κ3) is 4.72. The lowest BCUT2D eigenvalue weighted by Gasteiger charge is -2.07. The fourth-order valence-electron chi connectivity index (χ4n) is 2.85. The molecule has 9 heteroatoms. The van der Waals surface area contributed by atoms with Crippen molar-refractivity contribution >= 4 is 45.7 Å². The summed E-state index contributed by atoms with van der Waals surface area (Å²) < 4.78 is 2.01. The third-order valence-electron chi connectivity index (χ3n) is 4.29. The van der Waals surface area contributed by atoms with E-state index in [-0.39, 0.29) is 11.7 Å². The number of rotatable bonds is 7. The Balaban J connectivity index is 1.39. The Morgan fingerprint density at radius 3 is 2.60 bits per heavy atom. The SMILES string of the molecule is CCn1c(SCC(=O)Nc2nc(-c3ccc(Cl)cc3)cs2)nnc1-c1ccccc1. The third-order valence-corrected chi connectivity index (χ3v) is 6.26. The monoisotopic (exact) mass is 455 g/mol. The lowest BCUT2D eigenvalue weighted by Crippen LogP contribution is -2.14. The van der Waals surface area contributed by atoms with Crippen LogP contribution >= 0.6 is 34.7 Å². The van der Waals surface area contributed by atoms with Crippen molar-refractivity contribution in [3.63, 3.8) is 0 Å². The van der Waals surface area contributed by atoms with Crippen LogP contribution in [0.1, 0.15) is 6.92 Å². The van der Waals surface area contributed by atoms with Crippen LogP contribution in [0.2, 0.25) is 5.02 Å². The number of aromatic nitrogens is 4. The van der Waals surface area contributed by atoms with Crippen LogP contribution in [0.3, 0.4) is 0 Å². The second-order valence-electron chi connectivity index (χ2n) is 6.30. The number of nitrogens with zero attached hydrogens (tertiary/aromatic N) is 4. The standard InChI is InChI=1S/C21H18ClN5OS2/c1-2-27-19(15-6-4-3-5-7-15)25-26-21(27)30-13-18(28)24-20-23-17(12-29-20)14-8-10-16(22)11-9-14/h3-12H,2,13H2,1H3,(H,23,24,28). The molecule has 0 unspecified atom stereocenters. The van der Waals surface area contributed by atoms with Gasteiger partial charge in [0, 0.05) is 28.1 Å². The number of anilines is 1. The van der Waals surface area contributed by atoms with Crippen molar-refractivity contribution in [1.29, 1.82) is 0 Å². The molecule has 1 amide bonds. The van der Waals surface area contributed by atoms with E-state index in [9.17, 15) is 4.79 Å². The second-order valence-corrected chi connectivity index (χ2v) is 8.54. The molecule has 2 heterocycles. The minimum atomic E-state index is -0.135. The molecular formula is C21H18ClN5OS2. The van der Waals surface area contributed by atoms with Gasteiger partial charge in [0.1, 0.15) is 0 Å². The quantitative estimate of drug-likeness (QED) is 0.374.